The number of fused-ring (bicyclic) bond motifs is 1. The van der Waals surface area contributed by atoms with Gasteiger partial charge in [0.05, 0.1) is 18.6 Å². The number of aliphatic hydroxyl groups excluding tert-OH is 1. The third-order valence-electron chi connectivity index (χ3n) is 3.43. The Bertz CT molecular complexity index is 385. The van der Waals surface area contributed by atoms with Gasteiger partial charge in [-0.2, -0.15) is 0 Å². The van der Waals surface area contributed by atoms with E-state index in [-0.39, 0.29) is 24.5 Å². The highest BCUT2D eigenvalue weighted by molar-refractivity contribution is 7.10. The number of hydrogen-bond donors (Lipinski definition) is 2. The van der Waals surface area contributed by atoms with Crippen molar-refractivity contribution < 1.29 is 9.90 Å². The number of thiophene rings is 1. The molecule has 0 aromatic carbocycles. The Labute approximate surface area is 106 Å². The molecule has 0 saturated heterocycles. The molecule has 0 aliphatic heterocycles. The second-order valence-corrected chi connectivity index (χ2v) is 5.54. The lowest BCUT2D eigenvalue weighted by atomic mass is 9.87. The zero-order chi connectivity index (χ0) is 12.3. The first-order valence-corrected chi connectivity index (χ1v) is 7.11. The van der Waals surface area contributed by atoms with Gasteiger partial charge in [0.25, 0.3) is 0 Å². The Balaban J connectivity index is 2.07. The summed E-state index contributed by atoms with van der Waals surface area (Å²) in [7, 11) is 0. The molecule has 0 spiro atoms. The van der Waals surface area contributed by atoms with Crippen LogP contribution < -0.4 is 5.32 Å². The minimum absolute atomic E-state index is 0.00870. The van der Waals surface area contributed by atoms with E-state index in [4.69, 9.17) is 5.11 Å². The van der Waals surface area contributed by atoms with Gasteiger partial charge < -0.3 is 10.4 Å². The van der Waals surface area contributed by atoms with Gasteiger partial charge in [0.15, 0.2) is 0 Å². The largest absolute Gasteiger partial charge is 0.394 e. The molecule has 0 fully saturated rings. The first kappa shape index (κ1) is 12.6. The predicted molar refractivity (Wildman–Crippen MR) is 69.3 cm³/mol. The van der Waals surface area contributed by atoms with Crippen LogP contribution in [0.1, 0.15) is 42.5 Å². The number of hydrogen-bond acceptors (Lipinski definition) is 3. The van der Waals surface area contributed by atoms with E-state index in [1.807, 2.05) is 6.92 Å². The van der Waals surface area contributed by atoms with Gasteiger partial charge in [-0.1, -0.05) is 6.92 Å². The lowest BCUT2D eigenvalue weighted by molar-refractivity contribution is -0.123. The Kier molecular flexibility index (Phi) is 4.18. The zero-order valence-corrected chi connectivity index (χ0v) is 10.9. The molecule has 1 amide bonds. The van der Waals surface area contributed by atoms with Crippen molar-refractivity contribution in [3.8, 4) is 0 Å². The molecule has 0 saturated carbocycles. The van der Waals surface area contributed by atoms with Crippen LogP contribution in [-0.2, 0) is 11.2 Å². The van der Waals surface area contributed by atoms with E-state index in [2.05, 4.69) is 16.8 Å². The fraction of sp³-hybridized carbons (Fsp3) is 0.615. The molecule has 0 radical (unpaired) electrons. The number of carbonyl (C=O) groups excluding carboxylic acids is 1. The van der Waals surface area contributed by atoms with Gasteiger partial charge in [-0.05, 0) is 42.7 Å². The highest BCUT2D eigenvalue weighted by Crippen LogP contribution is 2.35. The van der Waals surface area contributed by atoms with Crippen molar-refractivity contribution >= 4 is 17.2 Å². The molecule has 94 valence electrons. The fourth-order valence-corrected chi connectivity index (χ4v) is 3.32. The molecular formula is C13H19NO2S. The lowest BCUT2D eigenvalue weighted by Crippen LogP contribution is -2.40. The van der Waals surface area contributed by atoms with Crippen molar-refractivity contribution in [2.75, 3.05) is 6.61 Å². The topological polar surface area (TPSA) is 49.3 Å². The Morgan fingerprint density at radius 2 is 2.53 bits per heavy atom. The molecule has 1 heterocycles. The van der Waals surface area contributed by atoms with Crippen LogP contribution in [0, 0.1) is 0 Å². The molecule has 1 aliphatic rings. The Morgan fingerprint density at radius 1 is 1.71 bits per heavy atom. The number of amides is 1. The van der Waals surface area contributed by atoms with Crippen molar-refractivity contribution in [1.29, 1.82) is 0 Å². The summed E-state index contributed by atoms with van der Waals surface area (Å²) in [5.41, 5.74) is 1.20. The van der Waals surface area contributed by atoms with E-state index in [0.29, 0.717) is 0 Å². The molecule has 4 heteroatoms. The quantitative estimate of drug-likeness (QED) is 0.863. The maximum atomic E-state index is 12.2. The monoisotopic (exact) mass is 253 g/mol. The SMILES string of the molecule is CCC(CO)NC(=O)C1CCCc2sccc21. The minimum Gasteiger partial charge on any atom is -0.394 e. The van der Waals surface area contributed by atoms with Crippen molar-refractivity contribution in [1.82, 2.24) is 5.32 Å². The number of rotatable bonds is 4. The van der Waals surface area contributed by atoms with E-state index in [1.54, 1.807) is 11.3 Å². The fourth-order valence-electron chi connectivity index (χ4n) is 2.34. The molecule has 2 rings (SSSR count). The zero-order valence-electron chi connectivity index (χ0n) is 10.1. The van der Waals surface area contributed by atoms with Gasteiger partial charge in [-0.3, -0.25) is 4.79 Å². The number of carbonyl (C=O) groups is 1. The van der Waals surface area contributed by atoms with Crippen LogP contribution >= 0.6 is 11.3 Å². The summed E-state index contributed by atoms with van der Waals surface area (Å²) in [6.07, 6.45) is 3.89. The Hall–Kier alpha value is -0.870. The van der Waals surface area contributed by atoms with Crippen LogP contribution in [0.4, 0.5) is 0 Å². The standard InChI is InChI=1S/C13H19NO2S/c1-2-9(8-15)14-13(16)11-4-3-5-12-10(11)6-7-17-12/h6-7,9,11,15H,2-5,8H2,1H3,(H,14,16). The summed E-state index contributed by atoms with van der Waals surface area (Å²) < 4.78 is 0. The van der Waals surface area contributed by atoms with Crippen molar-refractivity contribution in [2.24, 2.45) is 0 Å². The van der Waals surface area contributed by atoms with Crippen LogP contribution in [0.2, 0.25) is 0 Å². The van der Waals surface area contributed by atoms with Gasteiger partial charge in [0.1, 0.15) is 0 Å². The van der Waals surface area contributed by atoms with Crippen LogP contribution in [-0.4, -0.2) is 23.7 Å². The van der Waals surface area contributed by atoms with E-state index >= 15 is 0 Å². The molecule has 2 atom stereocenters. The summed E-state index contributed by atoms with van der Waals surface area (Å²) in [5, 5.41) is 14.1. The van der Waals surface area contributed by atoms with Crippen LogP contribution in [0.25, 0.3) is 0 Å². The maximum absolute atomic E-state index is 12.2. The van der Waals surface area contributed by atoms with Crippen LogP contribution in [0.15, 0.2) is 11.4 Å². The first-order valence-electron chi connectivity index (χ1n) is 6.23. The second-order valence-electron chi connectivity index (χ2n) is 4.54. The van der Waals surface area contributed by atoms with Gasteiger partial charge in [0, 0.05) is 4.88 Å². The highest BCUT2D eigenvalue weighted by Gasteiger charge is 2.28. The van der Waals surface area contributed by atoms with Gasteiger partial charge in [-0.25, -0.2) is 0 Å². The van der Waals surface area contributed by atoms with Crippen LogP contribution in [0.3, 0.4) is 0 Å². The molecule has 2 N–H and O–H groups in total. The van der Waals surface area contributed by atoms with E-state index in [9.17, 15) is 4.79 Å². The third kappa shape index (κ3) is 2.69. The van der Waals surface area contributed by atoms with E-state index in [0.717, 1.165) is 25.7 Å². The Morgan fingerprint density at radius 3 is 3.24 bits per heavy atom. The second kappa shape index (κ2) is 5.65. The molecule has 1 aliphatic carbocycles. The minimum atomic E-state index is -0.105. The predicted octanol–water partition coefficient (Wildman–Crippen LogP) is 2.06. The number of aryl methyl sites for hydroxylation is 1. The normalized spacial score (nSPS) is 20.7. The molecule has 17 heavy (non-hydrogen) atoms. The maximum Gasteiger partial charge on any atom is 0.227 e. The van der Waals surface area contributed by atoms with Gasteiger partial charge in [-0.15, -0.1) is 11.3 Å². The smallest absolute Gasteiger partial charge is 0.227 e. The number of nitrogens with one attached hydrogen (secondary N) is 1. The summed E-state index contributed by atoms with van der Waals surface area (Å²) in [6, 6.07) is 1.97. The van der Waals surface area contributed by atoms with Gasteiger partial charge >= 0.3 is 0 Å². The number of aliphatic hydroxyl groups is 1. The lowest BCUT2D eigenvalue weighted by Gasteiger charge is -2.24. The summed E-state index contributed by atoms with van der Waals surface area (Å²) in [6.45, 7) is 1.99. The summed E-state index contributed by atoms with van der Waals surface area (Å²) >= 11 is 1.75. The first-order chi connectivity index (χ1) is 8.26. The van der Waals surface area contributed by atoms with E-state index < -0.39 is 0 Å². The molecule has 0 bridgehead atoms. The third-order valence-corrected chi connectivity index (χ3v) is 4.42. The molecule has 3 nitrogen and oxygen atoms in total. The van der Waals surface area contributed by atoms with Crippen molar-refractivity contribution in [3.63, 3.8) is 0 Å². The van der Waals surface area contributed by atoms with Gasteiger partial charge in [0.2, 0.25) is 5.91 Å². The average Bonchev–Trinajstić information content (AvgIpc) is 2.83. The molecular weight excluding hydrogens is 234 g/mol. The summed E-state index contributed by atoms with van der Waals surface area (Å²) in [4.78, 5) is 13.5. The summed E-state index contributed by atoms with van der Waals surface area (Å²) in [5.74, 6) is 0.0656. The van der Waals surface area contributed by atoms with E-state index in [1.165, 1.54) is 10.4 Å². The molecule has 1 aromatic heterocycles. The van der Waals surface area contributed by atoms with Crippen molar-refractivity contribution in [3.05, 3.63) is 21.9 Å². The van der Waals surface area contributed by atoms with Crippen molar-refractivity contribution in [2.45, 2.75) is 44.6 Å². The molecule has 1 aromatic rings. The van der Waals surface area contributed by atoms with Crippen LogP contribution in [0.5, 0.6) is 0 Å². The molecule has 2 unspecified atom stereocenters. The average molecular weight is 253 g/mol. The highest BCUT2D eigenvalue weighted by atomic mass is 32.1.